The number of rotatable bonds is 9. The first-order valence-corrected chi connectivity index (χ1v) is 11.5. The lowest BCUT2D eigenvalue weighted by atomic mass is 9.81. The maximum absolute atomic E-state index is 14.3. The van der Waals surface area contributed by atoms with E-state index in [1.54, 1.807) is 6.20 Å². The van der Waals surface area contributed by atoms with E-state index in [2.05, 4.69) is 23.8 Å². The second-order valence-electron chi connectivity index (χ2n) is 8.66. The second-order valence-corrected chi connectivity index (χ2v) is 8.66. The topological polar surface area (TPSA) is 44.2 Å². The summed E-state index contributed by atoms with van der Waals surface area (Å²) in [5, 5.41) is 0. The number of nitrogens with zero attached hydrogens (tertiary/aromatic N) is 2. The molecule has 5 heteroatoms. The van der Waals surface area contributed by atoms with Gasteiger partial charge in [0.25, 0.3) is 0 Å². The van der Waals surface area contributed by atoms with Crippen molar-refractivity contribution in [2.45, 2.75) is 96.7 Å². The van der Waals surface area contributed by atoms with Crippen molar-refractivity contribution >= 4 is 0 Å². The van der Waals surface area contributed by atoms with Gasteiger partial charge in [-0.1, -0.05) is 39.5 Å². The van der Waals surface area contributed by atoms with Crippen molar-refractivity contribution in [1.29, 1.82) is 0 Å². The van der Waals surface area contributed by atoms with E-state index in [-0.39, 0.29) is 18.2 Å². The molecule has 1 saturated heterocycles. The van der Waals surface area contributed by atoms with Gasteiger partial charge in [0.1, 0.15) is 5.82 Å². The minimum absolute atomic E-state index is 0.0579. The van der Waals surface area contributed by atoms with Gasteiger partial charge in [-0.3, -0.25) is 0 Å². The van der Waals surface area contributed by atoms with Gasteiger partial charge in [-0.2, -0.15) is 4.39 Å². The second kappa shape index (κ2) is 11.2. The molecule has 2 fully saturated rings. The standard InChI is InChI=1S/C23H37FN2O2/c1-3-5-7-8-17-15-27-23(28-16-17)19-12-10-18(11-13-19)22-25-14-20(9-6-4-2)21(24)26-22/h14,17-19,23H,3-13,15-16H2,1-2H3/t17-,18?,19?,23-. The van der Waals surface area contributed by atoms with E-state index in [1.165, 1.54) is 25.7 Å². The molecule has 1 aromatic rings. The zero-order chi connectivity index (χ0) is 19.8. The van der Waals surface area contributed by atoms with Gasteiger partial charge in [0.05, 0.1) is 13.2 Å². The number of aromatic nitrogens is 2. The van der Waals surface area contributed by atoms with Crippen molar-refractivity contribution in [3.05, 3.63) is 23.5 Å². The maximum Gasteiger partial charge on any atom is 0.219 e. The highest BCUT2D eigenvalue weighted by Gasteiger charge is 2.33. The van der Waals surface area contributed by atoms with Crippen LogP contribution in [0.3, 0.4) is 0 Å². The van der Waals surface area contributed by atoms with Gasteiger partial charge in [-0.15, -0.1) is 0 Å². The molecule has 0 N–H and O–H groups in total. The van der Waals surface area contributed by atoms with E-state index in [0.29, 0.717) is 23.2 Å². The third kappa shape index (κ3) is 5.96. The SMILES string of the molecule is CCCCC[C@H]1CO[C@H](C2CCC(c3ncc(CCCC)c(F)n3)CC2)OC1. The zero-order valence-electron chi connectivity index (χ0n) is 17.7. The summed E-state index contributed by atoms with van der Waals surface area (Å²) < 4.78 is 26.4. The fourth-order valence-corrected chi connectivity index (χ4v) is 4.46. The highest BCUT2D eigenvalue weighted by Crippen LogP contribution is 2.38. The lowest BCUT2D eigenvalue weighted by Gasteiger charge is -2.37. The Labute approximate surface area is 169 Å². The van der Waals surface area contributed by atoms with E-state index in [4.69, 9.17) is 9.47 Å². The van der Waals surface area contributed by atoms with Gasteiger partial charge in [0, 0.05) is 29.5 Å². The van der Waals surface area contributed by atoms with Crippen molar-refractivity contribution in [3.63, 3.8) is 0 Å². The first-order valence-electron chi connectivity index (χ1n) is 11.5. The Morgan fingerprint density at radius 2 is 1.71 bits per heavy atom. The van der Waals surface area contributed by atoms with Crippen LogP contribution in [0.15, 0.2) is 6.20 Å². The van der Waals surface area contributed by atoms with Crippen LogP contribution in [-0.2, 0) is 15.9 Å². The molecule has 0 bridgehead atoms. The molecule has 28 heavy (non-hydrogen) atoms. The van der Waals surface area contributed by atoms with Crippen LogP contribution in [0.4, 0.5) is 4.39 Å². The number of aryl methyl sites for hydroxylation is 1. The molecule has 1 aromatic heterocycles. The molecule has 2 aliphatic rings. The summed E-state index contributed by atoms with van der Waals surface area (Å²) in [6.07, 6.45) is 13.5. The molecule has 1 aliphatic carbocycles. The van der Waals surface area contributed by atoms with Crippen molar-refractivity contribution in [2.75, 3.05) is 13.2 Å². The molecular formula is C23H37FN2O2. The lowest BCUT2D eigenvalue weighted by molar-refractivity contribution is -0.229. The number of hydrogen-bond acceptors (Lipinski definition) is 4. The third-order valence-corrected chi connectivity index (χ3v) is 6.36. The average Bonchev–Trinajstić information content (AvgIpc) is 2.74. The van der Waals surface area contributed by atoms with Crippen LogP contribution >= 0.6 is 0 Å². The molecular weight excluding hydrogens is 355 g/mol. The van der Waals surface area contributed by atoms with Crippen LogP contribution in [0.1, 0.15) is 95.4 Å². The van der Waals surface area contributed by atoms with Crippen LogP contribution in [-0.4, -0.2) is 29.5 Å². The predicted molar refractivity (Wildman–Crippen MR) is 109 cm³/mol. The third-order valence-electron chi connectivity index (χ3n) is 6.36. The Balaban J connectivity index is 1.43. The van der Waals surface area contributed by atoms with E-state index in [0.717, 1.165) is 58.2 Å². The van der Waals surface area contributed by atoms with E-state index in [9.17, 15) is 4.39 Å². The first kappa shape index (κ1) is 21.6. The number of halogens is 1. The molecule has 0 radical (unpaired) electrons. The highest BCUT2D eigenvalue weighted by atomic mass is 19.1. The summed E-state index contributed by atoms with van der Waals surface area (Å²) in [4.78, 5) is 8.68. The Hall–Kier alpha value is -1.07. The highest BCUT2D eigenvalue weighted by molar-refractivity contribution is 5.10. The van der Waals surface area contributed by atoms with Crippen molar-refractivity contribution in [3.8, 4) is 0 Å². The first-order chi connectivity index (χ1) is 13.7. The van der Waals surface area contributed by atoms with Crippen LogP contribution in [0.25, 0.3) is 0 Å². The summed E-state index contributed by atoms with van der Waals surface area (Å²) in [7, 11) is 0. The molecule has 3 rings (SSSR count). The minimum atomic E-state index is -0.325. The zero-order valence-corrected chi connectivity index (χ0v) is 17.7. The Morgan fingerprint density at radius 1 is 1.00 bits per heavy atom. The van der Waals surface area contributed by atoms with Gasteiger partial charge in [-0.25, -0.2) is 9.97 Å². The molecule has 0 unspecified atom stereocenters. The van der Waals surface area contributed by atoms with Crippen LogP contribution in [0.2, 0.25) is 0 Å². The molecule has 2 heterocycles. The van der Waals surface area contributed by atoms with E-state index >= 15 is 0 Å². The molecule has 0 atom stereocenters. The molecule has 1 saturated carbocycles. The van der Waals surface area contributed by atoms with Crippen molar-refractivity contribution in [1.82, 2.24) is 9.97 Å². The van der Waals surface area contributed by atoms with Crippen LogP contribution in [0.5, 0.6) is 0 Å². The Kier molecular flexibility index (Phi) is 8.66. The van der Waals surface area contributed by atoms with Gasteiger partial charge >= 0.3 is 0 Å². The van der Waals surface area contributed by atoms with Gasteiger partial charge in [0.15, 0.2) is 6.29 Å². The fourth-order valence-electron chi connectivity index (χ4n) is 4.46. The van der Waals surface area contributed by atoms with Gasteiger partial charge in [0.2, 0.25) is 5.95 Å². The van der Waals surface area contributed by atoms with Gasteiger partial charge in [-0.05, 0) is 44.9 Å². The molecule has 4 nitrogen and oxygen atoms in total. The predicted octanol–water partition coefficient (Wildman–Crippen LogP) is 5.80. The summed E-state index contributed by atoms with van der Waals surface area (Å²) in [6.45, 7) is 6.02. The summed E-state index contributed by atoms with van der Waals surface area (Å²) in [6, 6.07) is 0. The van der Waals surface area contributed by atoms with Crippen LogP contribution in [0, 0.1) is 17.8 Å². The molecule has 0 aromatic carbocycles. The number of ether oxygens (including phenoxy) is 2. The average molecular weight is 393 g/mol. The summed E-state index contributed by atoms with van der Waals surface area (Å²) >= 11 is 0. The normalized spacial score (nSPS) is 28.4. The lowest BCUT2D eigenvalue weighted by Crippen LogP contribution is -2.38. The Bertz CT molecular complexity index is 582. The van der Waals surface area contributed by atoms with E-state index < -0.39 is 0 Å². The van der Waals surface area contributed by atoms with Gasteiger partial charge < -0.3 is 9.47 Å². The largest absolute Gasteiger partial charge is 0.352 e. The maximum atomic E-state index is 14.3. The fraction of sp³-hybridized carbons (Fsp3) is 0.826. The monoisotopic (exact) mass is 392 g/mol. The number of hydrogen-bond donors (Lipinski definition) is 0. The molecule has 158 valence electrons. The van der Waals surface area contributed by atoms with E-state index in [1.807, 2.05) is 0 Å². The molecule has 0 spiro atoms. The summed E-state index contributed by atoms with van der Waals surface area (Å²) in [5.74, 6) is 1.62. The quantitative estimate of drug-likeness (QED) is 0.393. The molecule has 1 aliphatic heterocycles. The minimum Gasteiger partial charge on any atom is -0.352 e. The van der Waals surface area contributed by atoms with Crippen molar-refractivity contribution < 1.29 is 13.9 Å². The molecule has 0 amide bonds. The number of unbranched alkanes of at least 4 members (excludes halogenated alkanes) is 3. The van der Waals surface area contributed by atoms with Crippen molar-refractivity contribution in [2.24, 2.45) is 11.8 Å². The summed E-state index contributed by atoms with van der Waals surface area (Å²) in [5.41, 5.74) is 0.650. The Morgan fingerprint density at radius 3 is 2.36 bits per heavy atom. The smallest absolute Gasteiger partial charge is 0.219 e. The van der Waals surface area contributed by atoms with Crippen LogP contribution < -0.4 is 0 Å².